The van der Waals surface area contributed by atoms with E-state index in [9.17, 15) is 4.79 Å². The van der Waals surface area contributed by atoms with Crippen molar-refractivity contribution in [3.63, 3.8) is 0 Å². The van der Waals surface area contributed by atoms with Gasteiger partial charge in [-0.25, -0.2) is 4.79 Å². The van der Waals surface area contributed by atoms with Gasteiger partial charge in [0.15, 0.2) is 0 Å². The summed E-state index contributed by atoms with van der Waals surface area (Å²) >= 11 is 0. The molecule has 0 unspecified atom stereocenters. The highest BCUT2D eigenvalue weighted by Gasteiger charge is 2.15. The predicted molar refractivity (Wildman–Crippen MR) is 84.4 cm³/mol. The Kier molecular flexibility index (Phi) is 4.20. The van der Waals surface area contributed by atoms with E-state index in [4.69, 9.17) is 9.84 Å². The minimum absolute atomic E-state index is 0.489. The van der Waals surface area contributed by atoms with E-state index in [2.05, 4.69) is 15.2 Å². The van der Waals surface area contributed by atoms with Gasteiger partial charge in [-0.15, -0.1) is 0 Å². The van der Waals surface area contributed by atoms with Crippen molar-refractivity contribution in [3.05, 3.63) is 42.6 Å². The Morgan fingerprint density at radius 2 is 1.95 bits per heavy atom. The van der Waals surface area contributed by atoms with Crippen molar-refractivity contribution in [1.29, 1.82) is 0 Å². The average molecular weight is 299 g/mol. The van der Waals surface area contributed by atoms with E-state index in [0.29, 0.717) is 24.6 Å². The summed E-state index contributed by atoms with van der Waals surface area (Å²) in [6, 6.07) is 11.4. The van der Waals surface area contributed by atoms with E-state index < -0.39 is 6.09 Å². The Labute approximate surface area is 128 Å². The first kappa shape index (κ1) is 14.3. The van der Waals surface area contributed by atoms with Crippen LogP contribution in [0, 0.1) is 0 Å². The molecule has 6 heteroatoms. The minimum Gasteiger partial charge on any atom is -0.465 e. The molecule has 0 aliphatic carbocycles. The summed E-state index contributed by atoms with van der Waals surface area (Å²) < 4.78 is 5.34. The number of ether oxygens (including phenoxy) is 1. The summed E-state index contributed by atoms with van der Waals surface area (Å²) in [5.74, 6) is 0. The van der Waals surface area contributed by atoms with Crippen LogP contribution in [0.4, 0.5) is 16.2 Å². The van der Waals surface area contributed by atoms with Crippen molar-refractivity contribution in [2.75, 3.05) is 36.5 Å². The number of nitrogens with one attached hydrogen (secondary N) is 1. The number of benzene rings is 1. The zero-order valence-electron chi connectivity index (χ0n) is 12.0. The second kappa shape index (κ2) is 6.44. The van der Waals surface area contributed by atoms with Gasteiger partial charge in [0.05, 0.1) is 36.5 Å². The van der Waals surface area contributed by atoms with Gasteiger partial charge in [0.1, 0.15) is 0 Å². The monoisotopic (exact) mass is 299 g/mol. The molecule has 6 nitrogen and oxygen atoms in total. The molecule has 2 aromatic rings. The molecule has 2 heterocycles. The topological polar surface area (TPSA) is 74.7 Å². The summed E-state index contributed by atoms with van der Waals surface area (Å²) in [5, 5.41) is 11.5. The van der Waals surface area contributed by atoms with E-state index in [-0.39, 0.29) is 0 Å². The summed E-state index contributed by atoms with van der Waals surface area (Å²) in [6.45, 7) is 2.89. The number of carbonyl (C=O) groups is 1. The van der Waals surface area contributed by atoms with Crippen molar-refractivity contribution in [2.24, 2.45) is 0 Å². The molecule has 1 aliphatic rings. The molecule has 0 spiro atoms. The highest BCUT2D eigenvalue weighted by Crippen LogP contribution is 2.29. The van der Waals surface area contributed by atoms with Gasteiger partial charge in [0.25, 0.3) is 0 Å². The van der Waals surface area contributed by atoms with Crippen LogP contribution in [-0.2, 0) is 4.74 Å². The van der Waals surface area contributed by atoms with Gasteiger partial charge in [0.2, 0.25) is 0 Å². The third-order valence-corrected chi connectivity index (χ3v) is 3.54. The lowest BCUT2D eigenvalue weighted by molar-refractivity contribution is 0.122. The SMILES string of the molecule is O=C(O)Nc1cc(N2CCOCC2)cnc1-c1ccccc1. The number of rotatable bonds is 3. The standard InChI is InChI=1S/C16H17N3O3/c20-16(21)18-14-10-13(19-6-8-22-9-7-19)11-17-15(14)12-4-2-1-3-5-12/h1-5,10-11,18H,6-9H2,(H,20,21). The van der Waals surface area contributed by atoms with E-state index in [0.717, 1.165) is 24.3 Å². The van der Waals surface area contributed by atoms with Crippen LogP contribution in [0.2, 0.25) is 0 Å². The van der Waals surface area contributed by atoms with Crippen LogP contribution in [-0.4, -0.2) is 42.5 Å². The molecule has 2 N–H and O–H groups in total. The maximum absolute atomic E-state index is 11.1. The quantitative estimate of drug-likeness (QED) is 0.911. The van der Waals surface area contributed by atoms with Crippen molar-refractivity contribution >= 4 is 17.5 Å². The number of nitrogens with zero attached hydrogens (tertiary/aromatic N) is 2. The van der Waals surface area contributed by atoms with Gasteiger partial charge in [-0.05, 0) is 6.07 Å². The fourth-order valence-electron chi connectivity index (χ4n) is 2.48. The Morgan fingerprint density at radius 3 is 2.64 bits per heavy atom. The number of anilines is 2. The molecular formula is C16H17N3O3. The lowest BCUT2D eigenvalue weighted by Crippen LogP contribution is -2.36. The van der Waals surface area contributed by atoms with Crippen molar-refractivity contribution in [2.45, 2.75) is 0 Å². The number of amides is 1. The lowest BCUT2D eigenvalue weighted by Gasteiger charge is -2.29. The van der Waals surface area contributed by atoms with Crippen LogP contribution in [0.3, 0.4) is 0 Å². The van der Waals surface area contributed by atoms with Gasteiger partial charge in [-0.2, -0.15) is 0 Å². The fraction of sp³-hybridized carbons (Fsp3) is 0.250. The second-order valence-electron chi connectivity index (χ2n) is 4.99. The number of carboxylic acid groups (broad SMARTS) is 1. The van der Waals surface area contributed by atoms with Gasteiger partial charge in [-0.3, -0.25) is 10.3 Å². The average Bonchev–Trinajstić information content (AvgIpc) is 2.56. The molecule has 0 radical (unpaired) electrons. The Hall–Kier alpha value is -2.60. The lowest BCUT2D eigenvalue weighted by atomic mass is 10.1. The van der Waals surface area contributed by atoms with Crippen LogP contribution in [0.1, 0.15) is 0 Å². The van der Waals surface area contributed by atoms with Crippen LogP contribution < -0.4 is 10.2 Å². The molecule has 1 aliphatic heterocycles. The zero-order chi connectivity index (χ0) is 15.4. The highest BCUT2D eigenvalue weighted by atomic mass is 16.5. The van der Waals surface area contributed by atoms with Gasteiger partial charge < -0.3 is 14.7 Å². The molecule has 114 valence electrons. The first-order valence-electron chi connectivity index (χ1n) is 7.12. The van der Waals surface area contributed by atoms with E-state index in [1.165, 1.54) is 0 Å². The van der Waals surface area contributed by atoms with Gasteiger partial charge in [0, 0.05) is 18.7 Å². The molecule has 1 aromatic carbocycles. The molecule has 1 saturated heterocycles. The molecule has 1 aromatic heterocycles. The number of morpholine rings is 1. The Morgan fingerprint density at radius 1 is 1.23 bits per heavy atom. The second-order valence-corrected chi connectivity index (χ2v) is 4.99. The van der Waals surface area contributed by atoms with Crippen LogP contribution >= 0.6 is 0 Å². The van der Waals surface area contributed by atoms with Crippen molar-refractivity contribution < 1.29 is 14.6 Å². The van der Waals surface area contributed by atoms with Crippen molar-refractivity contribution in [1.82, 2.24) is 4.98 Å². The van der Waals surface area contributed by atoms with Crippen LogP contribution in [0.15, 0.2) is 42.6 Å². The smallest absolute Gasteiger partial charge is 0.409 e. The molecule has 0 bridgehead atoms. The van der Waals surface area contributed by atoms with Crippen LogP contribution in [0.25, 0.3) is 11.3 Å². The van der Waals surface area contributed by atoms with E-state index in [1.54, 1.807) is 6.20 Å². The number of hydrogen-bond acceptors (Lipinski definition) is 4. The Balaban J connectivity index is 1.97. The summed E-state index contributed by atoms with van der Waals surface area (Å²) in [7, 11) is 0. The van der Waals surface area contributed by atoms with E-state index >= 15 is 0 Å². The normalized spacial score (nSPS) is 14.6. The molecule has 1 fully saturated rings. The molecule has 1 amide bonds. The summed E-state index contributed by atoms with van der Waals surface area (Å²) in [5.41, 5.74) is 2.88. The maximum atomic E-state index is 11.1. The highest BCUT2D eigenvalue weighted by molar-refractivity contribution is 5.90. The van der Waals surface area contributed by atoms with Crippen LogP contribution in [0.5, 0.6) is 0 Å². The Bertz CT molecular complexity index is 655. The largest absolute Gasteiger partial charge is 0.465 e. The third kappa shape index (κ3) is 3.17. The number of hydrogen-bond donors (Lipinski definition) is 2. The molecule has 0 saturated carbocycles. The number of aromatic nitrogens is 1. The first-order chi connectivity index (χ1) is 10.7. The summed E-state index contributed by atoms with van der Waals surface area (Å²) in [6.07, 6.45) is 0.679. The van der Waals surface area contributed by atoms with Gasteiger partial charge >= 0.3 is 6.09 Å². The first-order valence-corrected chi connectivity index (χ1v) is 7.12. The van der Waals surface area contributed by atoms with Gasteiger partial charge in [-0.1, -0.05) is 30.3 Å². The molecule has 22 heavy (non-hydrogen) atoms. The minimum atomic E-state index is -1.10. The third-order valence-electron chi connectivity index (χ3n) is 3.54. The fourth-order valence-corrected chi connectivity index (χ4v) is 2.48. The molecular weight excluding hydrogens is 282 g/mol. The zero-order valence-corrected chi connectivity index (χ0v) is 12.0. The van der Waals surface area contributed by atoms with E-state index in [1.807, 2.05) is 36.4 Å². The van der Waals surface area contributed by atoms with Crippen molar-refractivity contribution in [3.8, 4) is 11.3 Å². The predicted octanol–water partition coefficient (Wildman–Crippen LogP) is 2.68. The summed E-state index contributed by atoms with van der Waals surface area (Å²) in [4.78, 5) is 17.7. The maximum Gasteiger partial charge on any atom is 0.409 e. The number of pyridine rings is 1. The molecule has 3 rings (SSSR count). The molecule has 0 atom stereocenters.